The summed E-state index contributed by atoms with van der Waals surface area (Å²) >= 11 is 3.71. The van der Waals surface area contributed by atoms with E-state index in [2.05, 4.69) is 53.2 Å². The van der Waals surface area contributed by atoms with Crippen molar-refractivity contribution in [1.29, 1.82) is 0 Å². The molecule has 0 radical (unpaired) electrons. The lowest BCUT2D eigenvalue weighted by molar-refractivity contribution is 0.673. The van der Waals surface area contributed by atoms with E-state index in [1.807, 2.05) is 30.1 Å². The standard InChI is InChI=1S/C13H15NS2/c1-14-12(13-8-5-9-15-13)10-16-11-6-3-2-4-7-11/h2-9,12,14H,10H2,1H3. The van der Waals surface area contributed by atoms with Gasteiger partial charge in [-0.05, 0) is 30.6 Å². The Labute approximate surface area is 105 Å². The van der Waals surface area contributed by atoms with Crippen LogP contribution >= 0.6 is 23.1 Å². The van der Waals surface area contributed by atoms with E-state index < -0.39 is 0 Å². The quantitative estimate of drug-likeness (QED) is 0.809. The second-order valence-corrected chi connectivity index (χ2v) is 5.55. The first-order valence-electron chi connectivity index (χ1n) is 5.28. The molecule has 0 bridgehead atoms. The van der Waals surface area contributed by atoms with Gasteiger partial charge in [-0.1, -0.05) is 24.3 Å². The van der Waals surface area contributed by atoms with E-state index in [1.54, 1.807) is 0 Å². The number of hydrogen-bond acceptors (Lipinski definition) is 3. The van der Waals surface area contributed by atoms with E-state index in [-0.39, 0.29) is 0 Å². The second kappa shape index (κ2) is 6.09. The molecule has 0 aliphatic carbocycles. The van der Waals surface area contributed by atoms with Crippen molar-refractivity contribution >= 4 is 23.1 Å². The smallest absolute Gasteiger partial charge is 0.0507 e. The van der Waals surface area contributed by atoms with Crippen LogP contribution in [0.2, 0.25) is 0 Å². The highest BCUT2D eigenvalue weighted by Gasteiger charge is 2.10. The number of thiophene rings is 1. The summed E-state index contributed by atoms with van der Waals surface area (Å²) in [4.78, 5) is 2.74. The zero-order chi connectivity index (χ0) is 11.2. The number of thioether (sulfide) groups is 1. The Kier molecular flexibility index (Phi) is 4.45. The van der Waals surface area contributed by atoms with E-state index in [0.29, 0.717) is 6.04 Å². The molecule has 1 unspecified atom stereocenters. The Morgan fingerprint density at radius 1 is 1.19 bits per heavy atom. The molecular formula is C13H15NS2. The fourth-order valence-electron chi connectivity index (χ4n) is 1.49. The average Bonchev–Trinajstić information content (AvgIpc) is 2.85. The predicted octanol–water partition coefficient (Wildman–Crippen LogP) is 3.80. The van der Waals surface area contributed by atoms with Crippen molar-refractivity contribution in [3.63, 3.8) is 0 Å². The van der Waals surface area contributed by atoms with Crippen LogP contribution in [0.25, 0.3) is 0 Å². The van der Waals surface area contributed by atoms with Gasteiger partial charge in [-0.3, -0.25) is 0 Å². The molecule has 84 valence electrons. The molecule has 3 heteroatoms. The molecule has 2 aromatic rings. The Morgan fingerprint density at radius 3 is 2.62 bits per heavy atom. The average molecular weight is 249 g/mol. The Balaban J connectivity index is 1.94. The summed E-state index contributed by atoms with van der Waals surface area (Å²) in [6, 6.07) is 15.3. The number of benzene rings is 1. The van der Waals surface area contributed by atoms with Crippen LogP contribution in [0.15, 0.2) is 52.7 Å². The molecule has 1 nitrogen and oxygen atoms in total. The summed E-state index contributed by atoms with van der Waals surface area (Å²) in [5.74, 6) is 1.07. The minimum Gasteiger partial charge on any atom is -0.312 e. The summed E-state index contributed by atoms with van der Waals surface area (Å²) in [6.45, 7) is 0. The van der Waals surface area contributed by atoms with E-state index in [0.717, 1.165) is 5.75 Å². The molecule has 0 spiro atoms. The van der Waals surface area contributed by atoms with Gasteiger partial charge >= 0.3 is 0 Å². The fourth-order valence-corrected chi connectivity index (χ4v) is 3.49. The van der Waals surface area contributed by atoms with Crippen LogP contribution in [0.4, 0.5) is 0 Å². The monoisotopic (exact) mass is 249 g/mol. The summed E-state index contributed by atoms with van der Waals surface area (Å²) in [5, 5.41) is 5.50. The van der Waals surface area contributed by atoms with Crippen LogP contribution in [-0.4, -0.2) is 12.8 Å². The molecular weight excluding hydrogens is 234 g/mol. The molecule has 0 aliphatic heterocycles. The maximum atomic E-state index is 3.36. The second-order valence-electron chi connectivity index (χ2n) is 3.48. The van der Waals surface area contributed by atoms with E-state index >= 15 is 0 Å². The molecule has 16 heavy (non-hydrogen) atoms. The SMILES string of the molecule is CNC(CSc1ccccc1)c1cccs1. The van der Waals surface area contributed by atoms with Gasteiger partial charge < -0.3 is 5.32 Å². The zero-order valence-corrected chi connectivity index (χ0v) is 10.9. The summed E-state index contributed by atoms with van der Waals surface area (Å²) in [7, 11) is 2.02. The van der Waals surface area contributed by atoms with Gasteiger partial charge in [0.2, 0.25) is 0 Å². The topological polar surface area (TPSA) is 12.0 Å². The lowest BCUT2D eigenvalue weighted by Crippen LogP contribution is -2.17. The normalized spacial score (nSPS) is 12.6. The van der Waals surface area contributed by atoms with Gasteiger partial charge in [0.15, 0.2) is 0 Å². The molecule has 0 saturated carbocycles. The maximum Gasteiger partial charge on any atom is 0.0507 e. The van der Waals surface area contributed by atoms with Crippen molar-refractivity contribution in [3.8, 4) is 0 Å². The predicted molar refractivity (Wildman–Crippen MR) is 73.3 cm³/mol. The Morgan fingerprint density at radius 2 is 2.00 bits per heavy atom. The maximum absolute atomic E-state index is 3.36. The Bertz CT molecular complexity index is 397. The van der Waals surface area contributed by atoms with Crippen molar-refractivity contribution < 1.29 is 0 Å². The van der Waals surface area contributed by atoms with Gasteiger partial charge in [-0.25, -0.2) is 0 Å². The van der Waals surface area contributed by atoms with Crippen LogP contribution in [0, 0.1) is 0 Å². The molecule has 0 fully saturated rings. The third-order valence-corrected chi connectivity index (χ3v) is 4.49. The van der Waals surface area contributed by atoms with Crippen molar-refractivity contribution in [1.82, 2.24) is 5.32 Å². The minimum atomic E-state index is 0.449. The van der Waals surface area contributed by atoms with Gasteiger partial charge in [-0.15, -0.1) is 23.1 Å². The van der Waals surface area contributed by atoms with Crippen LogP contribution < -0.4 is 5.32 Å². The summed E-state index contributed by atoms with van der Waals surface area (Å²) in [6.07, 6.45) is 0. The highest BCUT2D eigenvalue weighted by atomic mass is 32.2. The molecule has 1 atom stereocenters. The first-order valence-corrected chi connectivity index (χ1v) is 7.15. The van der Waals surface area contributed by atoms with Crippen molar-refractivity contribution in [2.24, 2.45) is 0 Å². The number of nitrogens with one attached hydrogen (secondary N) is 1. The highest BCUT2D eigenvalue weighted by Crippen LogP contribution is 2.26. The van der Waals surface area contributed by atoms with Crippen LogP contribution in [0.5, 0.6) is 0 Å². The lowest BCUT2D eigenvalue weighted by atomic mass is 10.3. The van der Waals surface area contributed by atoms with Gasteiger partial charge in [0.1, 0.15) is 0 Å². The van der Waals surface area contributed by atoms with Gasteiger partial charge in [0.25, 0.3) is 0 Å². The van der Waals surface area contributed by atoms with E-state index in [1.165, 1.54) is 9.77 Å². The molecule has 1 aromatic carbocycles. The molecule has 0 saturated heterocycles. The lowest BCUT2D eigenvalue weighted by Gasteiger charge is -2.13. The highest BCUT2D eigenvalue weighted by molar-refractivity contribution is 7.99. The van der Waals surface area contributed by atoms with Crippen LogP contribution in [0.3, 0.4) is 0 Å². The van der Waals surface area contributed by atoms with Crippen LogP contribution in [-0.2, 0) is 0 Å². The largest absolute Gasteiger partial charge is 0.312 e. The van der Waals surface area contributed by atoms with Gasteiger partial charge in [-0.2, -0.15) is 0 Å². The number of rotatable bonds is 5. The van der Waals surface area contributed by atoms with E-state index in [4.69, 9.17) is 0 Å². The van der Waals surface area contributed by atoms with Gasteiger partial charge in [0.05, 0.1) is 6.04 Å². The fraction of sp³-hybridized carbons (Fsp3) is 0.231. The first-order chi connectivity index (χ1) is 7.90. The third kappa shape index (κ3) is 3.11. The van der Waals surface area contributed by atoms with E-state index in [9.17, 15) is 0 Å². The van der Waals surface area contributed by atoms with Crippen molar-refractivity contribution in [2.75, 3.05) is 12.8 Å². The first kappa shape index (κ1) is 11.7. The van der Waals surface area contributed by atoms with Gasteiger partial charge in [0, 0.05) is 15.5 Å². The third-order valence-electron chi connectivity index (χ3n) is 2.39. The van der Waals surface area contributed by atoms with Crippen molar-refractivity contribution in [2.45, 2.75) is 10.9 Å². The molecule has 1 N–H and O–H groups in total. The molecule has 2 rings (SSSR count). The number of hydrogen-bond donors (Lipinski definition) is 1. The van der Waals surface area contributed by atoms with Crippen LogP contribution in [0.1, 0.15) is 10.9 Å². The zero-order valence-electron chi connectivity index (χ0n) is 9.22. The minimum absolute atomic E-state index is 0.449. The molecule has 1 heterocycles. The Hall–Kier alpha value is -0.770. The molecule has 1 aromatic heterocycles. The molecule has 0 amide bonds. The summed E-state index contributed by atoms with van der Waals surface area (Å²) < 4.78 is 0. The summed E-state index contributed by atoms with van der Waals surface area (Å²) in [5.41, 5.74) is 0. The van der Waals surface area contributed by atoms with Crippen molar-refractivity contribution in [3.05, 3.63) is 52.7 Å². The molecule has 0 aliphatic rings.